The molecule has 0 spiro atoms. The highest BCUT2D eigenvalue weighted by atomic mass is 16.6. The highest BCUT2D eigenvalue weighted by Gasteiger charge is 2.19. The first-order valence-electron chi connectivity index (χ1n) is 29.3. The Balaban J connectivity index is 4.28. The zero-order valence-electron chi connectivity index (χ0n) is 44.5. The minimum atomic E-state index is -0.767. The molecular formula is C60H112O6. The van der Waals surface area contributed by atoms with E-state index < -0.39 is 6.10 Å². The lowest BCUT2D eigenvalue weighted by Crippen LogP contribution is -2.30. The van der Waals surface area contributed by atoms with Gasteiger partial charge in [-0.25, -0.2) is 0 Å². The molecule has 0 amide bonds. The van der Waals surface area contributed by atoms with E-state index in [1.807, 2.05) is 0 Å². The van der Waals surface area contributed by atoms with Crippen molar-refractivity contribution in [2.24, 2.45) is 0 Å². The summed E-state index contributed by atoms with van der Waals surface area (Å²) in [5.74, 6) is -0.850. The van der Waals surface area contributed by atoms with Gasteiger partial charge in [0, 0.05) is 19.3 Å². The fourth-order valence-electron chi connectivity index (χ4n) is 8.77. The molecule has 388 valence electrons. The van der Waals surface area contributed by atoms with E-state index >= 15 is 0 Å². The van der Waals surface area contributed by atoms with Gasteiger partial charge < -0.3 is 14.2 Å². The Morgan fingerprint density at radius 1 is 0.303 bits per heavy atom. The molecule has 0 fully saturated rings. The van der Waals surface area contributed by atoms with Crippen molar-refractivity contribution in [3.05, 3.63) is 24.3 Å². The van der Waals surface area contributed by atoms with E-state index in [1.54, 1.807) is 0 Å². The van der Waals surface area contributed by atoms with Crippen molar-refractivity contribution in [3.63, 3.8) is 0 Å². The number of hydrogen-bond donors (Lipinski definition) is 0. The van der Waals surface area contributed by atoms with Gasteiger partial charge in [0.05, 0.1) is 0 Å². The number of esters is 3. The second kappa shape index (κ2) is 55.5. The maximum absolute atomic E-state index is 12.9. The SMILES string of the molecule is CCCCC/C=C\C/C=C\CCCCCCCCCCCC(=O)OCC(COC(=O)CCCCCCCCCCCCC)OC(=O)CCCCCCCCCCCCCCCCCCCC. The van der Waals surface area contributed by atoms with E-state index in [0.29, 0.717) is 19.3 Å². The molecule has 0 aliphatic rings. The quantitative estimate of drug-likeness (QED) is 0.0262. The van der Waals surface area contributed by atoms with Crippen LogP contribution in [0.5, 0.6) is 0 Å². The molecule has 1 unspecified atom stereocenters. The average Bonchev–Trinajstić information content (AvgIpc) is 3.31. The highest BCUT2D eigenvalue weighted by molar-refractivity contribution is 5.71. The fraction of sp³-hybridized carbons (Fsp3) is 0.883. The predicted octanol–water partition coefficient (Wildman–Crippen LogP) is 19.5. The monoisotopic (exact) mass is 929 g/mol. The van der Waals surface area contributed by atoms with Crippen molar-refractivity contribution in [3.8, 4) is 0 Å². The molecule has 0 aromatic heterocycles. The number of unbranched alkanes of at least 4 members (excludes halogenated alkanes) is 39. The molecule has 0 radical (unpaired) electrons. The van der Waals surface area contributed by atoms with E-state index in [9.17, 15) is 14.4 Å². The van der Waals surface area contributed by atoms with Crippen LogP contribution in [0.4, 0.5) is 0 Å². The summed E-state index contributed by atoms with van der Waals surface area (Å²) in [6.07, 6.45) is 64.5. The Hall–Kier alpha value is -2.11. The first-order valence-corrected chi connectivity index (χ1v) is 29.3. The average molecular weight is 930 g/mol. The highest BCUT2D eigenvalue weighted by Crippen LogP contribution is 2.17. The van der Waals surface area contributed by atoms with E-state index in [4.69, 9.17) is 14.2 Å². The van der Waals surface area contributed by atoms with Crippen molar-refractivity contribution in [1.82, 2.24) is 0 Å². The molecule has 0 bridgehead atoms. The van der Waals surface area contributed by atoms with Crippen LogP contribution >= 0.6 is 0 Å². The molecule has 6 nitrogen and oxygen atoms in total. The topological polar surface area (TPSA) is 78.9 Å². The smallest absolute Gasteiger partial charge is 0.306 e. The lowest BCUT2D eigenvalue weighted by Gasteiger charge is -2.18. The minimum absolute atomic E-state index is 0.0669. The maximum atomic E-state index is 12.9. The lowest BCUT2D eigenvalue weighted by atomic mass is 10.0. The van der Waals surface area contributed by atoms with Crippen LogP contribution in [0.15, 0.2) is 24.3 Å². The van der Waals surface area contributed by atoms with Crippen LogP contribution in [0.1, 0.15) is 323 Å². The number of ether oxygens (including phenoxy) is 3. The Morgan fingerprint density at radius 2 is 0.545 bits per heavy atom. The van der Waals surface area contributed by atoms with Crippen LogP contribution in [0.2, 0.25) is 0 Å². The van der Waals surface area contributed by atoms with Gasteiger partial charge in [-0.15, -0.1) is 0 Å². The van der Waals surface area contributed by atoms with Gasteiger partial charge in [0.15, 0.2) is 6.10 Å². The standard InChI is InChI=1S/C60H112O6/c1-4-7-10-13-16-19-22-24-26-28-30-32-33-35-38-41-44-47-50-53-59(62)65-56-57(55-64-58(61)52-49-46-43-40-37-21-18-15-12-9-6-3)66-60(63)54-51-48-45-42-39-36-34-31-29-27-25-23-20-17-14-11-8-5-2/h16,19,24,26,57H,4-15,17-18,20-23,25,27-56H2,1-3H3/b19-16-,26-24-. The van der Waals surface area contributed by atoms with Crippen molar-refractivity contribution in [2.45, 2.75) is 329 Å². The molecule has 0 aromatic carbocycles. The van der Waals surface area contributed by atoms with Gasteiger partial charge in [0.1, 0.15) is 13.2 Å². The normalized spacial score (nSPS) is 12.1. The number of allylic oxidation sites excluding steroid dienone is 4. The van der Waals surface area contributed by atoms with Crippen LogP contribution in [-0.4, -0.2) is 37.2 Å². The summed E-state index contributed by atoms with van der Waals surface area (Å²) >= 11 is 0. The van der Waals surface area contributed by atoms with Crippen molar-refractivity contribution in [1.29, 1.82) is 0 Å². The van der Waals surface area contributed by atoms with Gasteiger partial charge in [0.25, 0.3) is 0 Å². The zero-order valence-corrected chi connectivity index (χ0v) is 44.5. The van der Waals surface area contributed by atoms with Gasteiger partial charge in [-0.2, -0.15) is 0 Å². The molecule has 0 rings (SSSR count). The van der Waals surface area contributed by atoms with E-state index in [0.717, 1.165) is 64.2 Å². The van der Waals surface area contributed by atoms with Gasteiger partial charge >= 0.3 is 17.9 Å². The molecule has 0 aliphatic carbocycles. The minimum Gasteiger partial charge on any atom is -0.462 e. The summed E-state index contributed by atoms with van der Waals surface area (Å²) < 4.78 is 16.9. The first-order chi connectivity index (χ1) is 32.5. The summed E-state index contributed by atoms with van der Waals surface area (Å²) in [6.45, 7) is 6.66. The molecule has 0 aromatic rings. The van der Waals surface area contributed by atoms with Crippen molar-refractivity contribution >= 4 is 17.9 Å². The van der Waals surface area contributed by atoms with Crippen molar-refractivity contribution < 1.29 is 28.6 Å². The summed E-state index contributed by atoms with van der Waals surface area (Å²) in [7, 11) is 0. The summed E-state index contributed by atoms with van der Waals surface area (Å²) in [6, 6.07) is 0. The second-order valence-electron chi connectivity index (χ2n) is 19.9. The third-order valence-electron chi connectivity index (χ3n) is 13.2. The van der Waals surface area contributed by atoms with Gasteiger partial charge in [-0.05, 0) is 51.4 Å². The fourth-order valence-corrected chi connectivity index (χ4v) is 8.77. The van der Waals surface area contributed by atoms with E-state index in [1.165, 1.54) is 218 Å². The molecule has 0 N–H and O–H groups in total. The van der Waals surface area contributed by atoms with Crippen LogP contribution < -0.4 is 0 Å². The molecule has 0 saturated carbocycles. The molecule has 1 atom stereocenters. The predicted molar refractivity (Wildman–Crippen MR) is 284 cm³/mol. The first kappa shape index (κ1) is 63.9. The Kier molecular flexibility index (Phi) is 53.7. The van der Waals surface area contributed by atoms with Gasteiger partial charge in [-0.1, -0.05) is 276 Å². The molecular weight excluding hydrogens is 817 g/mol. The Morgan fingerprint density at radius 3 is 0.864 bits per heavy atom. The lowest BCUT2D eigenvalue weighted by molar-refractivity contribution is -0.167. The molecule has 6 heteroatoms. The van der Waals surface area contributed by atoms with Crippen LogP contribution in [-0.2, 0) is 28.6 Å². The second-order valence-corrected chi connectivity index (χ2v) is 19.9. The molecule has 0 heterocycles. The van der Waals surface area contributed by atoms with E-state index in [-0.39, 0.29) is 31.1 Å². The van der Waals surface area contributed by atoms with Crippen LogP contribution in [0.3, 0.4) is 0 Å². The van der Waals surface area contributed by atoms with Gasteiger partial charge in [-0.3, -0.25) is 14.4 Å². The third kappa shape index (κ3) is 52.9. The number of carbonyl (C=O) groups excluding carboxylic acids is 3. The summed E-state index contributed by atoms with van der Waals surface area (Å²) in [5.41, 5.74) is 0. The van der Waals surface area contributed by atoms with Gasteiger partial charge in [0.2, 0.25) is 0 Å². The zero-order chi connectivity index (χ0) is 47.9. The molecule has 0 saturated heterocycles. The van der Waals surface area contributed by atoms with Crippen LogP contribution in [0.25, 0.3) is 0 Å². The largest absolute Gasteiger partial charge is 0.462 e. The van der Waals surface area contributed by atoms with E-state index in [2.05, 4.69) is 45.1 Å². The van der Waals surface area contributed by atoms with Crippen molar-refractivity contribution in [2.75, 3.05) is 13.2 Å². The molecule has 66 heavy (non-hydrogen) atoms. The van der Waals surface area contributed by atoms with Crippen LogP contribution in [0, 0.1) is 0 Å². The third-order valence-corrected chi connectivity index (χ3v) is 13.2. The number of rotatable bonds is 54. The molecule has 0 aliphatic heterocycles. The summed E-state index contributed by atoms with van der Waals surface area (Å²) in [5, 5.41) is 0. The maximum Gasteiger partial charge on any atom is 0.306 e. The summed E-state index contributed by atoms with van der Waals surface area (Å²) in [4.78, 5) is 38.1. The number of carbonyl (C=O) groups is 3. The Labute approximate surface area is 411 Å². The number of hydrogen-bond acceptors (Lipinski definition) is 6. The Bertz CT molecular complexity index is 1070.